The van der Waals surface area contributed by atoms with Crippen molar-refractivity contribution in [2.24, 2.45) is 5.10 Å². The minimum absolute atomic E-state index is 0.0560. The molecule has 0 bridgehead atoms. The summed E-state index contributed by atoms with van der Waals surface area (Å²) in [5, 5.41) is 4.45. The summed E-state index contributed by atoms with van der Waals surface area (Å²) >= 11 is 9.66. The minimum Gasteiger partial charge on any atom is -0.267 e. The molecule has 0 saturated heterocycles. The van der Waals surface area contributed by atoms with E-state index in [-0.39, 0.29) is 17.3 Å². The number of hydrazone groups is 1. The van der Waals surface area contributed by atoms with Crippen LogP contribution in [-0.4, -0.2) is 20.5 Å². The monoisotopic (exact) mass is 595 g/mol. The summed E-state index contributed by atoms with van der Waals surface area (Å²) in [6.07, 6.45) is 1.55. The van der Waals surface area contributed by atoms with Gasteiger partial charge in [0.2, 0.25) is 0 Å². The number of amides is 1. The smallest absolute Gasteiger partial charge is 0.267 e. The highest BCUT2D eigenvalue weighted by Gasteiger charge is 2.26. The van der Waals surface area contributed by atoms with E-state index in [1.807, 2.05) is 31.2 Å². The van der Waals surface area contributed by atoms with Crippen molar-refractivity contribution in [2.45, 2.75) is 18.4 Å². The van der Waals surface area contributed by atoms with Crippen molar-refractivity contribution in [1.29, 1.82) is 0 Å². The first-order valence-electron chi connectivity index (χ1n) is 11.3. The van der Waals surface area contributed by atoms with Crippen LogP contribution in [0.5, 0.6) is 0 Å². The first kappa shape index (κ1) is 26.6. The second kappa shape index (κ2) is 11.7. The molecular formula is C28H23BrClN3O3S. The van der Waals surface area contributed by atoms with Gasteiger partial charge in [0.15, 0.2) is 0 Å². The molecule has 1 N–H and O–H groups in total. The van der Waals surface area contributed by atoms with E-state index in [4.69, 9.17) is 11.6 Å². The van der Waals surface area contributed by atoms with Crippen LogP contribution in [0.15, 0.2) is 112 Å². The largest absolute Gasteiger partial charge is 0.271 e. The van der Waals surface area contributed by atoms with Gasteiger partial charge in [-0.2, -0.15) is 5.10 Å². The van der Waals surface area contributed by atoms with Gasteiger partial charge in [-0.1, -0.05) is 82.1 Å². The van der Waals surface area contributed by atoms with Gasteiger partial charge in [0, 0.05) is 20.6 Å². The maximum atomic E-state index is 13.6. The van der Waals surface area contributed by atoms with Crippen LogP contribution in [0.2, 0.25) is 5.02 Å². The fraction of sp³-hybridized carbons (Fsp3) is 0.0714. The molecule has 0 saturated carbocycles. The Labute approximate surface area is 229 Å². The van der Waals surface area contributed by atoms with Gasteiger partial charge in [-0.15, -0.1) is 0 Å². The molecule has 0 atom stereocenters. The van der Waals surface area contributed by atoms with E-state index in [0.29, 0.717) is 21.8 Å². The molecule has 4 aromatic carbocycles. The Morgan fingerprint density at radius 2 is 1.65 bits per heavy atom. The average Bonchev–Trinajstić information content (AvgIpc) is 2.90. The maximum Gasteiger partial charge on any atom is 0.271 e. The Morgan fingerprint density at radius 1 is 0.973 bits per heavy atom. The number of halogens is 2. The molecule has 4 rings (SSSR count). The highest BCUT2D eigenvalue weighted by molar-refractivity contribution is 9.10. The van der Waals surface area contributed by atoms with Crippen LogP contribution in [0.25, 0.3) is 0 Å². The van der Waals surface area contributed by atoms with Crippen molar-refractivity contribution in [2.75, 3.05) is 4.31 Å². The second-order valence-corrected chi connectivity index (χ2v) is 11.3. The quantitative estimate of drug-likeness (QED) is 0.185. The van der Waals surface area contributed by atoms with Gasteiger partial charge in [-0.3, -0.25) is 9.10 Å². The van der Waals surface area contributed by atoms with Gasteiger partial charge < -0.3 is 0 Å². The number of carbonyl (C=O) groups excluding carboxylic acids is 1. The Bertz CT molecular complexity index is 1540. The number of benzene rings is 4. The molecule has 37 heavy (non-hydrogen) atoms. The van der Waals surface area contributed by atoms with Gasteiger partial charge in [-0.25, -0.2) is 13.8 Å². The number of hydrogen-bond donors (Lipinski definition) is 1. The van der Waals surface area contributed by atoms with E-state index in [1.165, 1.54) is 4.31 Å². The number of rotatable bonds is 8. The van der Waals surface area contributed by atoms with Crippen LogP contribution < -0.4 is 9.73 Å². The lowest BCUT2D eigenvalue weighted by molar-refractivity contribution is 0.0955. The lowest BCUT2D eigenvalue weighted by Gasteiger charge is -2.26. The maximum absolute atomic E-state index is 13.6. The normalized spacial score (nSPS) is 11.4. The lowest BCUT2D eigenvalue weighted by Crippen LogP contribution is -2.31. The second-order valence-electron chi connectivity index (χ2n) is 8.17. The summed E-state index contributed by atoms with van der Waals surface area (Å²) in [7, 11) is -3.89. The number of sulfonamides is 1. The number of carbonyl (C=O) groups is 1. The molecule has 0 aliphatic heterocycles. The van der Waals surface area contributed by atoms with Crippen LogP contribution in [0.4, 0.5) is 5.69 Å². The van der Waals surface area contributed by atoms with Gasteiger partial charge >= 0.3 is 0 Å². The SMILES string of the molecule is Cc1ccc(Cl)cc1N(Cc1ccc(C(=O)N/N=C\c2ccccc2Br)cc1)S(=O)(=O)c1ccccc1. The lowest BCUT2D eigenvalue weighted by atomic mass is 10.1. The summed E-state index contributed by atoms with van der Waals surface area (Å²) in [6.45, 7) is 1.89. The summed E-state index contributed by atoms with van der Waals surface area (Å²) in [5.74, 6) is -0.380. The Balaban J connectivity index is 1.56. The fourth-order valence-corrected chi connectivity index (χ4v) is 5.69. The van der Waals surface area contributed by atoms with E-state index in [1.54, 1.807) is 79.0 Å². The summed E-state index contributed by atoms with van der Waals surface area (Å²) < 4.78 is 29.5. The molecule has 0 aliphatic carbocycles. The van der Waals surface area contributed by atoms with Gasteiger partial charge in [0.05, 0.1) is 23.3 Å². The molecule has 0 heterocycles. The van der Waals surface area contributed by atoms with E-state index in [9.17, 15) is 13.2 Å². The Kier molecular flexibility index (Phi) is 8.43. The highest BCUT2D eigenvalue weighted by Crippen LogP contribution is 2.31. The Morgan fingerprint density at radius 3 is 2.35 bits per heavy atom. The summed E-state index contributed by atoms with van der Waals surface area (Å²) in [4.78, 5) is 12.7. The summed E-state index contributed by atoms with van der Waals surface area (Å²) in [6, 6.07) is 27.6. The fourth-order valence-electron chi connectivity index (χ4n) is 3.60. The van der Waals surface area contributed by atoms with Gasteiger partial charge in [-0.05, 0) is 60.5 Å². The third-order valence-electron chi connectivity index (χ3n) is 5.59. The molecule has 4 aromatic rings. The third-order valence-corrected chi connectivity index (χ3v) is 8.32. The first-order chi connectivity index (χ1) is 17.8. The number of nitrogens with zero attached hydrogens (tertiary/aromatic N) is 2. The Hall–Kier alpha value is -3.46. The number of hydrogen-bond acceptors (Lipinski definition) is 4. The zero-order valence-electron chi connectivity index (χ0n) is 19.8. The van der Waals surface area contributed by atoms with Crippen molar-refractivity contribution < 1.29 is 13.2 Å². The van der Waals surface area contributed by atoms with Gasteiger partial charge in [0.25, 0.3) is 15.9 Å². The minimum atomic E-state index is -3.89. The number of anilines is 1. The van der Waals surface area contributed by atoms with E-state index < -0.39 is 10.0 Å². The van der Waals surface area contributed by atoms with Crippen LogP contribution in [0.1, 0.15) is 27.0 Å². The standard InChI is InChI=1S/C28H23BrClN3O3S/c1-20-11-16-24(30)17-27(20)33(37(35,36)25-8-3-2-4-9-25)19-21-12-14-22(15-13-21)28(34)32-31-18-23-7-5-6-10-26(23)29/h2-18H,19H2,1H3,(H,32,34)/b31-18-. The number of nitrogens with one attached hydrogen (secondary N) is 1. The molecule has 0 radical (unpaired) electrons. The van der Waals surface area contributed by atoms with Crippen molar-refractivity contribution in [3.8, 4) is 0 Å². The molecule has 0 unspecified atom stereocenters. The van der Waals surface area contributed by atoms with Crippen LogP contribution in [-0.2, 0) is 16.6 Å². The topological polar surface area (TPSA) is 78.8 Å². The molecule has 188 valence electrons. The van der Waals surface area contributed by atoms with E-state index in [0.717, 1.165) is 15.6 Å². The molecule has 0 fully saturated rings. The predicted molar refractivity (Wildman–Crippen MR) is 152 cm³/mol. The molecule has 0 spiro atoms. The molecule has 0 aromatic heterocycles. The molecular weight excluding hydrogens is 574 g/mol. The molecule has 6 nitrogen and oxygen atoms in total. The number of aryl methyl sites for hydroxylation is 1. The van der Waals surface area contributed by atoms with Crippen LogP contribution in [0.3, 0.4) is 0 Å². The highest BCUT2D eigenvalue weighted by atomic mass is 79.9. The van der Waals surface area contributed by atoms with Crippen molar-refractivity contribution in [3.05, 3.63) is 129 Å². The zero-order valence-corrected chi connectivity index (χ0v) is 23.0. The first-order valence-corrected chi connectivity index (χ1v) is 13.9. The van der Waals surface area contributed by atoms with Crippen LogP contribution in [0, 0.1) is 6.92 Å². The van der Waals surface area contributed by atoms with Gasteiger partial charge in [0.1, 0.15) is 0 Å². The average molecular weight is 597 g/mol. The van der Waals surface area contributed by atoms with Crippen LogP contribution >= 0.6 is 27.5 Å². The predicted octanol–water partition coefficient (Wildman–Crippen LogP) is 6.57. The molecule has 1 amide bonds. The summed E-state index contributed by atoms with van der Waals surface area (Å²) in [5.41, 5.74) is 5.68. The third kappa shape index (κ3) is 6.46. The zero-order chi connectivity index (χ0) is 26.4. The van der Waals surface area contributed by atoms with E-state index >= 15 is 0 Å². The van der Waals surface area contributed by atoms with Crippen molar-refractivity contribution in [1.82, 2.24) is 5.43 Å². The molecule has 9 heteroatoms. The van der Waals surface area contributed by atoms with E-state index in [2.05, 4.69) is 26.5 Å². The van der Waals surface area contributed by atoms with Crippen molar-refractivity contribution in [3.63, 3.8) is 0 Å². The molecule has 0 aliphatic rings. The van der Waals surface area contributed by atoms with Crippen molar-refractivity contribution >= 4 is 55.4 Å².